The zero-order valence-corrected chi connectivity index (χ0v) is 11.1. The third kappa shape index (κ3) is 3.89. The van der Waals surface area contributed by atoms with Crippen LogP contribution in [-0.2, 0) is 6.54 Å². The maximum absolute atomic E-state index is 5.58. The minimum Gasteiger partial charge on any atom is -0.494 e. The van der Waals surface area contributed by atoms with E-state index in [0.29, 0.717) is 0 Å². The van der Waals surface area contributed by atoms with E-state index in [2.05, 4.69) is 33.2 Å². The Morgan fingerprint density at radius 3 is 2.71 bits per heavy atom. The lowest BCUT2D eigenvalue weighted by atomic mass is 10.2. The van der Waals surface area contributed by atoms with Gasteiger partial charge in [0.2, 0.25) is 0 Å². The number of halogens is 1. The van der Waals surface area contributed by atoms with Crippen LogP contribution < -0.4 is 4.74 Å². The number of rotatable bonds is 6. The van der Waals surface area contributed by atoms with Crippen LogP contribution in [0.25, 0.3) is 0 Å². The van der Waals surface area contributed by atoms with E-state index in [1.165, 1.54) is 5.56 Å². The van der Waals surface area contributed by atoms with Gasteiger partial charge in [0.05, 0.1) is 13.2 Å². The largest absolute Gasteiger partial charge is 0.494 e. The van der Waals surface area contributed by atoms with Gasteiger partial charge in [0.1, 0.15) is 5.75 Å². The molecule has 0 amide bonds. The number of ether oxygens (including phenoxy) is 1. The Morgan fingerprint density at radius 1 is 1.24 bits per heavy atom. The van der Waals surface area contributed by atoms with Gasteiger partial charge >= 0.3 is 0 Å². The highest BCUT2D eigenvalue weighted by Crippen LogP contribution is 2.13. The van der Waals surface area contributed by atoms with Crippen molar-refractivity contribution in [1.29, 1.82) is 0 Å². The van der Waals surface area contributed by atoms with Crippen molar-refractivity contribution in [3.8, 4) is 5.75 Å². The van der Waals surface area contributed by atoms with Crippen LogP contribution in [0.4, 0.5) is 0 Å². The highest BCUT2D eigenvalue weighted by molar-refractivity contribution is 9.09. The number of alkyl halides is 1. The summed E-state index contributed by atoms with van der Waals surface area (Å²) in [6, 6.07) is 10.1. The SMILES string of the molecule is BrCCCOc1ccc(Cn2cccn2)cc1. The lowest BCUT2D eigenvalue weighted by Gasteiger charge is -2.06. The van der Waals surface area contributed by atoms with Crippen LogP contribution in [0.5, 0.6) is 5.75 Å². The third-order valence-electron chi connectivity index (χ3n) is 2.37. The molecule has 17 heavy (non-hydrogen) atoms. The van der Waals surface area contributed by atoms with E-state index < -0.39 is 0 Å². The first-order valence-corrected chi connectivity index (χ1v) is 6.76. The van der Waals surface area contributed by atoms with Crippen LogP contribution in [-0.4, -0.2) is 21.7 Å². The third-order valence-corrected chi connectivity index (χ3v) is 2.93. The van der Waals surface area contributed by atoms with E-state index in [-0.39, 0.29) is 0 Å². The molecule has 0 radical (unpaired) electrons. The van der Waals surface area contributed by atoms with E-state index in [9.17, 15) is 0 Å². The highest BCUT2D eigenvalue weighted by Gasteiger charge is 1.97. The fraction of sp³-hybridized carbons (Fsp3) is 0.308. The lowest BCUT2D eigenvalue weighted by molar-refractivity contribution is 0.319. The van der Waals surface area contributed by atoms with Crippen LogP contribution in [0.15, 0.2) is 42.7 Å². The van der Waals surface area contributed by atoms with Gasteiger partial charge in [0, 0.05) is 17.7 Å². The zero-order valence-electron chi connectivity index (χ0n) is 9.55. The molecule has 0 saturated heterocycles. The van der Waals surface area contributed by atoms with Crippen molar-refractivity contribution < 1.29 is 4.74 Å². The molecule has 4 heteroatoms. The molecule has 1 aromatic carbocycles. The van der Waals surface area contributed by atoms with Crippen molar-refractivity contribution in [2.45, 2.75) is 13.0 Å². The summed E-state index contributed by atoms with van der Waals surface area (Å²) in [6.45, 7) is 1.55. The molecule has 0 aliphatic heterocycles. The number of nitrogens with zero attached hydrogens (tertiary/aromatic N) is 2. The maximum atomic E-state index is 5.58. The quantitative estimate of drug-likeness (QED) is 0.605. The Bertz CT molecular complexity index is 425. The summed E-state index contributed by atoms with van der Waals surface area (Å²) in [6.07, 6.45) is 4.77. The summed E-state index contributed by atoms with van der Waals surface area (Å²) in [5.74, 6) is 0.926. The molecule has 90 valence electrons. The van der Waals surface area contributed by atoms with E-state index in [1.807, 2.05) is 29.1 Å². The first-order valence-electron chi connectivity index (χ1n) is 5.63. The topological polar surface area (TPSA) is 27.1 Å². The Hall–Kier alpha value is -1.29. The molecular formula is C13H15BrN2O. The molecular weight excluding hydrogens is 280 g/mol. The van der Waals surface area contributed by atoms with Crippen molar-refractivity contribution in [2.75, 3.05) is 11.9 Å². The van der Waals surface area contributed by atoms with Crippen LogP contribution in [0.3, 0.4) is 0 Å². The summed E-state index contributed by atoms with van der Waals surface area (Å²) in [4.78, 5) is 0. The van der Waals surface area contributed by atoms with Crippen molar-refractivity contribution in [2.24, 2.45) is 0 Å². The molecule has 0 atom stereocenters. The van der Waals surface area contributed by atoms with E-state index in [1.54, 1.807) is 6.20 Å². The first kappa shape index (κ1) is 12.2. The van der Waals surface area contributed by atoms with Crippen LogP contribution in [0.1, 0.15) is 12.0 Å². The van der Waals surface area contributed by atoms with Crippen molar-refractivity contribution in [1.82, 2.24) is 9.78 Å². The molecule has 0 spiro atoms. The van der Waals surface area contributed by atoms with E-state index in [4.69, 9.17) is 4.74 Å². The van der Waals surface area contributed by atoms with Crippen molar-refractivity contribution in [3.63, 3.8) is 0 Å². The smallest absolute Gasteiger partial charge is 0.119 e. The molecule has 2 rings (SSSR count). The molecule has 2 aromatic rings. The molecule has 0 unspecified atom stereocenters. The summed E-state index contributed by atoms with van der Waals surface area (Å²) < 4.78 is 7.49. The maximum Gasteiger partial charge on any atom is 0.119 e. The van der Waals surface area contributed by atoms with Crippen LogP contribution >= 0.6 is 15.9 Å². The molecule has 0 aliphatic carbocycles. The van der Waals surface area contributed by atoms with E-state index in [0.717, 1.165) is 30.7 Å². The lowest BCUT2D eigenvalue weighted by Crippen LogP contribution is -2.00. The normalized spacial score (nSPS) is 10.4. The van der Waals surface area contributed by atoms with Gasteiger partial charge in [-0.3, -0.25) is 4.68 Å². The summed E-state index contributed by atoms with van der Waals surface area (Å²) in [5, 5.41) is 5.15. The molecule has 3 nitrogen and oxygen atoms in total. The average molecular weight is 295 g/mol. The molecule has 0 bridgehead atoms. The Morgan fingerprint density at radius 2 is 2.06 bits per heavy atom. The zero-order chi connectivity index (χ0) is 11.9. The van der Waals surface area contributed by atoms with Crippen LogP contribution in [0.2, 0.25) is 0 Å². The first-order chi connectivity index (χ1) is 8.38. The van der Waals surface area contributed by atoms with Gasteiger partial charge in [-0.25, -0.2) is 0 Å². The fourth-order valence-electron chi connectivity index (χ4n) is 1.52. The van der Waals surface area contributed by atoms with Crippen molar-refractivity contribution >= 4 is 15.9 Å². The van der Waals surface area contributed by atoms with Gasteiger partial charge in [0.15, 0.2) is 0 Å². The monoisotopic (exact) mass is 294 g/mol. The molecule has 0 fully saturated rings. The summed E-state index contributed by atoms with van der Waals surface area (Å²) in [7, 11) is 0. The highest BCUT2D eigenvalue weighted by atomic mass is 79.9. The van der Waals surface area contributed by atoms with Crippen LogP contribution in [0, 0.1) is 0 Å². The van der Waals surface area contributed by atoms with Gasteiger partial charge in [-0.05, 0) is 30.2 Å². The van der Waals surface area contributed by atoms with Gasteiger partial charge in [0.25, 0.3) is 0 Å². The molecule has 0 saturated carbocycles. The summed E-state index contributed by atoms with van der Waals surface area (Å²) in [5.41, 5.74) is 1.22. The predicted molar refractivity (Wildman–Crippen MR) is 71.7 cm³/mol. The van der Waals surface area contributed by atoms with Crippen molar-refractivity contribution in [3.05, 3.63) is 48.3 Å². The molecule has 0 aliphatic rings. The van der Waals surface area contributed by atoms with Gasteiger partial charge in [-0.2, -0.15) is 5.10 Å². The number of aromatic nitrogens is 2. The second kappa shape index (κ2) is 6.45. The molecule has 0 N–H and O–H groups in total. The number of hydrogen-bond donors (Lipinski definition) is 0. The fourth-order valence-corrected chi connectivity index (χ4v) is 1.75. The van der Waals surface area contributed by atoms with Gasteiger partial charge in [-0.15, -0.1) is 0 Å². The van der Waals surface area contributed by atoms with E-state index >= 15 is 0 Å². The number of benzene rings is 1. The Kier molecular flexibility index (Phi) is 4.62. The van der Waals surface area contributed by atoms with Gasteiger partial charge < -0.3 is 4.74 Å². The standard InChI is InChI=1S/C13H15BrN2O/c14-7-1-10-17-13-5-3-12(4-6-13)11-16-9-2-8-15-16/h2-6,8-9H,1,7,10-11H2. The predicted octanol–water partition coefficient (Wildman–Crippen LogP) is 3.10. The second-order valence-electron chi connectivity index (χ2n) is 3.74. The summed E-state index contributed by atoms with van der Waals surface area (Å²) >= 11 is 3.38. The minimum absolute atomic E-state index is 0.754. The minimum atomic E-state index is 0.754. The van der Waals surface area contributed by atoms with Gasteiger partial charge in [-0.1, -0.05) is 28.1 Å². The molecule has 1 heterocycles. The average Bonchev–Trinajstić information content (AvgIpc) is 2.85. The second-order valence-corrected chi connectivity index (χ2v) is 4.53. The Balaban J connectivity index is 1.89. The number of hydrogen-bond acceptors (Lipinski definition) is 2. The Labute approximate surface area is 110 Å². The molecule has 1 aromatic heterocycles.